The van der Waals surface area contributed by atoms with Crippen molar-refractivity contribution in [3.63, 3.8) is 0 Å². The van der Waals surface area contributed by atoms with Gasteiger partial charge in [-0.3, -0.25) is 9.69 Å². The molecule has 0 radical (unpaired) electrons. The molecule has 1 aliphatic rings. The summed E-state index contributed by atoms with van der Waals surface area (Å²) in [5.41, 5.74) is 5.51. The molecule has 3 N–H and O–H groups in total. The van der Waals surface area contributed by atoms with Crippen molar-refractivity contribution in [3.05, 3.63) is 0 Å². The van der Waals surface area contributed by atoms with E-state index in [0.717, 1.165) is 63.7 Å². The van der Waals surface area contributed by atoms with Crippen molar-refractivity contribution in [2.75, 3.05) is 26.2 Å². The minimum Gasteiger partial charge on any atom is -0.354 e. The molecule has 1 amide bonds. The van der Waals surface area contributed by atoms with Crippen LogP contribution in [0.2, 0.25) is 0 Å². The number of piperidine rings is 1. The lowest BCUT2D eigenvalue weighted by atomic mass is 9.88. The second kappa shape index (κ2) is 13.2. The van der Waals surface area contributed by atoms with Crippen LogP contribution in [0, 0.1) is 11.8 Å². The summed E-state index contributed by atoms with van der Waals surface area (Å²) in [6.45, 7) is 13.0. The fraction of sp³-hybridized carbons (Fsp3) is 0.944. The van der Waals surface area contributed by atoms with Crippen LogP contribution in [0.4, 0.5) is 0 Å². The average molecular weight is 384 g/mol. The molecule has 0 aliphatic carbocycles. The Morgan fingerprint density at radius 2 is 1.62 bits per heavy atom. The molecule has 0 saturated carbocycles. The average Bonchev–Trinajstić information content (AvgIpc) is 2.44. The number of carbonyl (C=O) groups excluding carboxylic acids is 1. The zero-order valence-corrected chi connectivity index (χ0v) is 17.6. The molecule has 0 aromatic rings. The van der Waals surface area contributed by atoms with Gasteiger partial charge in [0.1, 0.15) is 0 Å². The van der Waals surface area contributed by atoms with Gasteiger partial charge in [0, 0.05) is 31.6 Å². The Kier molecular flexibility index (Phi) is 14.4. The van der Waals surface area contributed by atoms with Crippen LogP contribution in [-0.2, 0) is 4.79 Å². The summed E-state index contributed by atoms with van der Waals surface area (Å²) in [4.78, 5) is 14.5. The van der Waals surface area contributed by atoms with E-state index in [4.69, 9.17) is 5.73 Å². The molecule has 1 heterocycles. The van der Waals surface area contributed by atoms with Crippen molar-refractivity contribution in [2.24, 2.45) is 17.6 Å². The Morgan fingerprint density at radius 3 is 2.17 bits per heavy atom. The van der Waals surface area contributed by atoms with E-state index in [9.17, 15) is 4.79 Å². The van der Waals surface area contributed by atoms with Crippen molar-refractivity contribution < 1.29 is 4.79 Å². The molecule has 2 unspecified atom stereocenters. The molecule has 6 heteroatoms. The first-order valence-electron chi connectivity index (χ1n) is 9.07. The van der Waals surface area contributed by atoms with Gasteiger partial charge in [-0.1, -0.05) is 26.7 Å². The van der Waals surface area contributed by atoms with Gasteiger partial charge in [0.25, 0.3) is 0 Å². The smallest absolute Gasteiger partial charge is 0.220 e. The van der Waals surface area contributed by atoms with Crippen LogP contribution in [0.15, 0.2) is 0 Å². The van der Waals surface area contributed by atoms with Crippen LogP contribution >= 0.6 is 24.8 Å². The van der Waals surface area contributed by atoms with Crippen molar-refractivity contribution in [1.82, 2.24) is 10.2 Å². The number of halogens is 2. The highest BCUT2D eigenvalue weighted by atomic mass is 35.5. The maximum absolute atomic E-state index is 12.0. The number of nitrogens with two attached hydrogens (primary N) is 1. The lowest BCUT2D eigenvalue weighted by molar-refractivity contribution is -0.121. The minimum atomic E-state index is 0. The van der Waals surface area contributed by atoms with E-state index in [-0.39, 0.29) is 36.3 Å². The van der Waals surface area contributed by atoms with Crippen LogP contribution in [0.3, 0.4) is 0 Å². The molecule has 4 nitrogen and oxygen atoms in total. The van der Waals surface area contributed by atoms with Crippen LogP contribution in [0.5, 0.6) is 0 Å². The highest BCUT2D eigenvalue weighted by Crippen LogP contribution is 2.26. The van der Waals surface area contributed by atoms with Gasteiger partial charge in [-0.25, -0.2) is 0 Å². The van der Waals surface area contributed by atoms with Gasteiger partial charge in [-0.05, 0) is 51.5 Å². The Morgan fingerprint density at radius 1 is 1.08 bits per heavy atom. The second-order valence-corrected chi connectivity index (χ2v) is 7.89. The zero-order chi connectivity index (χ0) is 16.6. The largest absolute Gasteiger partial charge is 0.354 e. The first-order chi connectivity index (χ1) is 10.3. The number of likely N-dealkylation sites (tertiary alicyclic amines) is 1. The van der Waals surface area contributed by atoms with Crippen LogP contribution in [0.25, 0.3) is 0 Å². The van der Waals surface area contributed by atoms with Gasteiger partial charge in [-0.15, -0.1) is 24.8 Å². The molecule has 146 valence electrons. The lowest BCUT2D eigenvalue weighted by Crippen LogP contribution is -2.56. The van der Waals surface area contributed by atoms with Crippen LogP contribution < -0.4 is 11.1 Å². The normalized spacial score (nSPS) is 21.5. The highest BCUT2D eigenvalue weighted by molar-refractivity contribution is 5.85. The first-order valence-corrected chi connectivity index (χ1v) is 9.07. The molecular formula is C18H39Cl2N3O. The van der Waals surface area contributed by atoms with Gasteiger partial charge in [-0.2, -0.15) is 0 Å². The second-order valence-electron chi connectivity index (χ2n) is 7.89. The highest BCUT2D eigenvalue weighted by Gasteiger charge is 2.32. The molecule has 1 aliphatic heterocycles. The molecule has 2 atom stereocenters. The Labute approximate surface area is 161 Å². The molecule has 0 spiro atoms. The maximum atomic E-state index is 12.0. The predicted octanol–water partition coefficient (Wildman–Crippen LogP) is 3.61. The summed E-state index contributed by atoms with van der Waals surface area (Å²) in [7, 11) is 0. The van der Waals surface area contributed by atoms with E-state index in [0.29, 0.717) is 6.42 Å². The Hall–Kier alpha value is -0.0300. The maximum Gasteiger partial charge on any atom is 0.220 e. The summed E-state index contributed by atoms with van der Waals surface area (Å²) in [5, 5.41) is 3.14. The molecule has 0 aromatic carbocycles. The van der Waals surface area contributed by atoms with Crippen molar-refractivity contribution >= 4 is 30.7 Å². The van der Waals surface area contributed by atoms with Gasteiger partial charge >= 0.3 is 0 Å². The number of rotatable bonds is 9. The summed E-state index contributed by atoms with van der Waals surface area (Å²) in [5.74, 6) is 1.70. The quantitative estimate of drug-likeness (QED) is 0.597. The summed E-state index contributed by atoms with van der Waals surface area (Å²) in [6.07, 6.45) is 6.26. The molecule has 0 bridgehead atoms. The third-order valence-electron chi connectivity index (χ3n) is 4.80. The molecule has 24 heavy (non-hydrogen) atoms. The molecule has 0 aromatic heterocycles. The van der Waals surface area contributed by atoms with Crippen molar-refractivity contribution in [3.8, 4) is 0 Å². The van der Waals surface area contributed by atoms with E-state index in [1.165, 1.54) is 6.42 Å². The number of amides is 1. The Balaban J connectivity index is 0. The van der Waals surface area contributed by atoms with Gasteiger partial charge in [0.15, 0.2) is 0 Å². The SMILES string of the molecule is CC1CC(C)CN(C(C)(C)CNC(=O)CCCCCCN)C1.Cl.Cl. The van der Waals surface area contributed by atoms with Gasteiger partial charge in [0.05, 0.1) is 0 Å². The standard InChI is InChI=1S/C18H37N3O.2ClH/c1-15-11-16(2)13-21(12-15)18(3,4)14-20-17(22)9-7-5-6-8-10-19;;/h15-16H,5-14,19H2,1-4H3,(H,20,22);2*1H. The number of unbranched alkanes of at least 4 members (excludes halogenated alkanes) is 3. The monoisotopic (exact) mass is 383 g/mol. The summed E-state index contributed by atoms with van der Waals surface area (Å²) < 4.78 is 0. The van der Waals surface area contributed by atoms with E-state index in [2.05, 4.69) is 37.9 Å². The van der Waals surface area contributed by atoms with Crippen LogP contribution in [0.1, 0.15) is 66.2 Å². The lowest BCUT2D eigenvalue weighted by Gasteiger charge is -2.45. The number of hydrogen-bond acceptors (Lipinski definition) is 3. The summed E-state index contributed by atoms with van der Waals surface area (Å²) in [6, 6.07) is 0. The molecular weight excluding hydrogens is 345 g/mol. The summed E-state index contributed by atoms with van der Waals surface area (Å²) >= 11 is 0. The van der Waals surface area contributed by atoms with E-state index >= 15 is 0 Å². The van der Waals surface area contributed by atoms with E-state index in [1.54, 1.807) is 0 Å². The molecule has 1 fully saturated rings. The van der Waals surface area contributed by atoms with E-state index < -0.39 is 0 Å². The third-order valence-corrected chi connectivity index (χ3v) is 4.80. The van der Waals surface area contributed by atoms with Crippen molar-refractivity contribution in [1.29, 1.82) is 0 Å². The predicted molar refractivity (Wildman–Crippen MR) is 108 cm³/mol. The fourth-order valence-electron chi connectivity index (χ4n) is 3.46. The van der Waals surface area contributed by atoms with E-state index in [1.807, 2.05) is 0 Å². The van der Waals surface area contributed by atoms with Crippen molar-refractivity contribution in [2.45, 2.75) is 71.8 Å². The fourth-order valence-corrected chi connectivity index (χ4v) is 3.46. The molecule has 1 saturated heterocycles. The van der Waals surface area contributed by atoms with Crippen LogP contribution in [-0.4, -0.2) is 42.5 Å². The topological polar surface area (TPSA) is 58.4 Å². The number of carbonyl (C=O) groups is 1. The number of nitrogens with zero attached hydrogens (tertiary/aromatic N) is 1. The number of nitrogens with one attached hydrogen (secondary N) is 1. The molecule has 1 rings (SSSR count). The first kappa shape index (κ1) is 26.2. The zero-order valence-electron chi connectivity index (χ0n) is 16.0. The van der Waals surface area contributed by atoms with Gasteiger partial charge in [0.2, 0.25) is 5.91 Å². The Bertz CT molecular complexity index is 330. The number of hydrogen-bond donors (Lipinski definition) is 2. The third kappa shape index (κ3) is 10.1. The minimum absolute atomic E-state index is 0. The van der Waals surface area contributed by atoms with Gasteiger partial charge < -0.3 is 11.1 Å².